The summed E-state index contributed by atoms with van der Waals surface area (Å²) in [4.78, 5) is 24.4. The number of carbonyl (C=O) groups excluding carboxylic acids is 2. The van der Waals surface area contributed by atoms with Gasteiger partial charge in [-0.25, -0.2) is 13.2 Å². The fourth-order valence-electron chi connectivity index (χ4n) is 3.07. The number of carbonyl (C=O) groups is 2. The third kappa shape index (κ3) is 5.48. The topological polar surface area (TPSA) is 102 Å². The minimum absolute atomic E-state index is 0.0211. The van der Waals surface area contributed by atoms with Crippen LogP contribution in [0.15, 0.2) is 41.3 Å². The molecular formula is C20H20Cl2N2O6S. The van der Waals surface area contributed by atoms with E-state index < -0.39 is 28.5 Å². The number of nitrogens with one attached hydrogen (secondary N) is 1. The lowest BCUT2D eigenvalue weighted by atomic mass is 10.2. The van der Waals surface area contributed by atoms with Gasteiger partial charge < -0.3 is 14.8 Å². The van der Waals surface area contributed by atoms with Crippen LogP contribution in [0.25, 0.3) is 0 Å². The molecule has 1 aliphatic rings. The zero-order chi connectivity index (χ0) is 22.6. The van der Waals surface area contributed by atoms with Crippen LogP contribution in [0.5, 0.6) is 5.75 Å². The molecule has 1 fully saturated rings. The molecule has 0 unspecified atom stereocenters. The van der Waals surface area contributed by atoms with Gasteiger partial charge in [-0.2, -0.15) is 4.31 Å². The predicted octanol–water partition coefficient (Wildman–Crippen LogP) is 3.58. The van der Waals surface area contributed by atoms with Crippen molar-refractivity contribution in [2.75, 3.05) is 32.1 Å². The zero-order valence-corrected chi connectivity index (χ0v) is 18.9. The van der Waals surface area contributed by atoms with Gasteiger partial charge in [0.25, 0.3) is 5.91 Å². The molecule has 0 aliphatic carbocycles. The first-order chi connectivity index (χ1) is 14.7. The number of hydrogen-bond donors (Lipinski definition) is 1. The number of rotatable bonds is 7. The number of ether oxygens (including phenoxy) is 2. The number of sulfonamides is 1. The molecule has 1 aliphatic heterocycles. The summed E-state index contributed by atoms with van der Waals surface area (Å²) in [6.45, 7) is 0.223. The number of amides is 1. The number of esters is 1. The van der Waals surface area contributed by atoms with Gasteiger partial charge in [-0.1, -0.05) is 23.2 Å². The quantitative estimate of drug-likeness (QED) is 0.600. The number of methoxy groups -OCH3 is 1. The Labute approximate surface area is 190 Å². The van der Waals surface area contributed by atoms with Crippen LogP contribution in [0.2, 0.25) is 10.0 Å². The van der Waals surface area contributed by atoms with Crippen molar-refractivity contribution in [3.05, 3.63) is 52.0 Å². The fourth-order valence-corrected chi connectivity index (χ4v) is 5.10. The maximum absolute atomic E-state index is 12.9. The van der Waals surface area contributed by atoms with Gasteiger partial charge in [-0.3, -0.25) is 4.79 Å². The summed E-state index contributed by atoms with van der Waals surface area (Å²) in [7, 11) is -2.48. The SMILES string of the molecule is COc1ccc(C(=O)OCC(=O)Nc2cc(Cl)ccc2Cl)cc1S(=O)(=O)N1CCCC1. The molecule has 1 N–H and O–H groups in total. The second-order valence-corrected chi connectivity index (χ2v) is 9.48. The van der Waals surface area contributed by atoms with Gasteiger partial charge >= 0.3 is 5.97 Å². The Morgan fingerprint density at radius 1 is 1.10 bits per heavy atom. The normalized spacial score (nSPS) is 14.3. The molecule has 1 saturated heterocycles. The van der Waals surface area contributed by atoms with Gasteiger partial charge in [-0.05, 0) is 49.2 Å². The van der Waals surface area contributed by atoms with Crippen LogP contribution in [0.1, 0.15) is 23.2 Å². The van der Waals surface area contributed by atoms with Gasteiger partial charge in [0, 0.05) is 18.1 Å². The van der Waals surface area contributed by atoms with Crippen molar-refractivity contribution in [3.63, 3.8) is 0 Å². The summed E-state index contributed by atoms with van der Waals surface area (Å²) >= 11 is 11.9. The molecule has 166 valence electrons. The summed E-state index contributed by atoms with van der Waals surface area (Å²) in [5.41, 5.74) is 0.255. The molecule has 3 rings (SSSR count). The largest absolute Gasteiger partial charge is 0.495 e. The van der Waals surface area contributed by atoms with Crippen molar-refractivity contribution in [3.8, 4) is 5.75 Å². The van der Waals surface area contributed by atoms with E-state index in [4.69, 9.17) is 32.7 Å². The van der Waals surface area contributed by atoms with E-state index in [0.717, 1.165) is 12.8 Å². The molecule has 0 atom stereocenters. The molecule has 11 heteroatoms. The molecule has 0 radical (unpaired) electrons. The Morgan fingerprint density at radius 3 is 2.48 bits per heavy atom. The smallest absolute Gasteiger partial charge is 0.338 e. The Bertz CT molecular complexity index is 1100. The fraction of sp³-hybridized carbons (Fsp3) is 0.300. The van der Waals surface area contributed by atoms with Crippen LogP contribution in [-0.4, -0.2) is 51.4 Å². The average Bonchev–Trinajstić information content (AvgIpc) is 3.30. The average molecular weight is 487 g/mol. The van der Waals surface area contributed by atoms with E-state index in [1.54, 1.807) is 6.07 Å². The third-order valence-electron chi connectivity index (χ3n) is 4.62. The van der Waals surface area contributed by atoms with Gasteiger partial charge in [0.15, 0.2) is 6.61 Å². The van der Waals surface area contributed by atoms with Crippen molar-refractivity contribution < 1.29 is 27.5 Å². The number of halogens is 2. The van der Waals surface area contributed by atoms with Crippen LogP contribution in [0, 0.1) is 0 Å². The van der Waals surface area contributed by atoms with Crippen molar-refractivity contribution in [2.24, 2.45) is 0 Å². The Kier molecular flexibility index (Phi) is 7.42. The highest BCUT2D eigenvalue weighted by atomic mass is 35.5. The lowest BCUT2D eigenvalue weighted by Crippen LogP contribution is -2.28. The van der Waals surface area contributed by atoms with Gasteiger partial charge in [0.05, 0.1) is 23.4 Å². The molecule has 0 spiro atoms. The lowest BCUT2D eigenvalue weighted by Gasteiger charge is -2.18. The summed E-state index contributed by atoms with van der Waals surface area (Å²) in [5.74, 6) is -1.36. The van der Waals surface area contributed by atoms with E-state index >= 15 is 0 Å². The van der Waals surface area contributed by atoms with Crippen LogP contribution in [0.3, 0.4) is 0 Å². The Hall–Kier alpha value is -2.33. The number of hydrogen-bond acceptors (Lipinski definition) is 6. The molecule has 0 aromatic heterocycles. The Morgan fingerprint density at radius 2 is 1.81 bits per heavy atom. The summed E-state index contributed by atoms with van der Waals surface area (Å²) in [6, 6.07) is 8.49. The minimum atomic E-state index is -3.82. The zero-order valence-electron chi connectivity index (χ0n) is 16.6. The first-order valence-corrected chi connectivity index (χ1v) is 11.5. The van der Waals surface area contributed by atoms with E-state index in [9.17, 15) is 18.0 Å². The molecule has 1 heterocycles. The minimum Gasteiger partial charge on any atom is -0.495 e. The summed E-state index contributed by atoms with van der Waals surface area (Å²) < 4.78 is 37.4. The maximum Gasteiger partial charge on any atom is 0.338 e. The first kappa shape index (κ1) is 23.3. The van der Waals surface area contributed by atoms with Crippen molar-refractivity contribution in [2.45, 2.75) is 17.7 Å². The van der Waals surface area contributed by atoms with E-state index in [-0.39, 0.29) is 26.9 Å². The van der Waals surface area contributed by atoms with Gasteiger partial charge in [0.1, 0.15) is 10.6 Å². The first-order valence-electron chi connectivity index (χ1n) is 9.32. The molecule has 0 saturated carbocycles. The van der Waals surface area contributed by atoms with Crippen LogP contribution in [-0.2, 0) is 19.6 Å². The second kappa shape index (κ2) is 9.86. The molecular weight excluding hydrogens is 467 g/mol. The lowest BCUT2D eigenvalue weighted by molar-refractivity contribution is -0.119. The number of benzene rings is 2. The van der Waals surface area contributed by atoms with Crippen LogP contribution < -0.4 is 10.1 Å². The highest BCUT2D eigenvalue weighted by Crippen LogP contribution is 2.30. The van der Waals surface area contributed by atoms with Crippen LogP contribution in [0.4, 0.5) is 5.69 Å². The maximum atomic E-state index is 12.9. The number of anilines is 1. The van der Waals surface area contributed by atoms with Crippen LogP contribution >= 0.6 is 23.2 Å². The monoisotopic (exact) mass is 486 g/mol. The highest BCUT2D eigenvalue weighted by Gasteiger charge is 2.31. The Balaban J connectivity index is 1.71. The number of nitrogens with zero attached hydrogens (tertiary/aromatic N) is 1. The second-order valence-electron chi connectivity index (χ2n) is 6.73. The van der Waals surface area contributed by atoms with Gasteiger partial charge in [-0.15, -0.1) is 0 Å². The van der Waals surface area contributed by atoms with Crippen molar-refractivity contribution in [1.82, 2.24) is 4.31 Å². The van der Waals surface area contributed by atoms with Crippen molar-refractivity contribution >= 4 is 50.8 Å². The van der Waals surface area contributed by atoms with E-state index in [2.05, 4.69) is 5.32 Å². The van der Waals surface area contributed by atoms with E-state index in [0.29, 0.717) is 18.1 Å². The molecule has 0 bridgehead atoms. The molecule has 1 amide bonds. The molecule has 8 nitrogen and oxygen atoms in total. The summed E-state index contributed by atoms with van der Waals surface area (Å²) in [6.07, 6.45) is 1.55. The molecule has 2 aromatic carbocycles. The van der Waals surface area contributed by atoms with E-state index in [1.165, 1.54) is 41.7 Å². The third-order valence-corrected chi connectivity index (χ3v) is 7.10. The summed E-state index contributed by atoms with van der Waals surface area (Å²) in [5, 5.41) is 3.14. The standard InChI is InChI=1S/C20H20Cl2N2O6S/c1-29-17-7-4-13(10-18(17)31(27,28)24-8-2-3-9-24)20(26)30-12-19(25)23-16-11-14(21)5-6-15(16)22/h4-7,10-11H,2-3,8-9,12H2,1H3,(H,23,25). The predicted molar refractivity (Wildman–Crippen MR) is 116 cm³/mol. The van der Waals surface area contributed by atoms with Gasteiger partial charge in [0.2, 0.25) is 10.0 Å². The highest BCUT2D eigenvalue weighted by molar-refractivity contribution is 7.89. The molecule has 2 aromatic rings. The molecule has 31 heavy (non-hydrogen) atoms. The van der Waals surface area contributed by atoms with E-state index in [1.807, 2.05) is 0 Å². The van der Waals surface area contributed by atoms with Crippen molar-refractivity contribution in [1.29, 1.82) is 0 Å².